The molecule has 0 fully saturated rings. The van der Waals surface area contributed by atoms with Gasteiger partial charge in [0.1, 0.15) is 12.6 Å². The van der Waals surface area contributed by atoms with Gasteiger partial charge in [0.2, 0.25) is 11.8 Å². The van der Waals surface area contributed by atoms with Crippen molar-refractivity contribution >= 4 is 50.7 Å². The third-order valence-electron chi connectivity index (χ3n) is 6.48. The molecule has 1 N–H and O–H groups in total. The van der Waals surface area contributed by atoms with Crippen molar-refractivity contribution in [2.75, 3.05) is 10.8 Å². The Labute approximate surface area is 240 Å². The van der Waals surface area contributed by atoms with Gasteiger partial charge in [-0.3, -0.25) is 13.9 Å². The lowest BCUT2D eigenvalue weighted by atomic mass is 10.1. The topological polar surface area (TPSA) is 86.8 Å². The van der Waals surface area contributed by atoms with Crippen LogP contribution in [0.5, 0.6) is 0 Å². The summed E-state index contributed by atoms with van der Waals surface area (Å²) in [7, 11) is -4.16. The summed E-state index contributed by atoms with van der Waals surface area (Å²) in [6, 6.07) is 18.7. The van der Waals surface area contributed by atoms with Crippen LogP contribution in [-0.2, 0) is 26.2 Å². The SMILES string of the molecule is CCC(C)NC(=O)C(C)N(Cc1ccc(Cl)cc1)C(=O)CN(c1cc(Cl)ccc1C)S(=O)(=O)c1ccccc1. The minimum Gasteiger partial charge on any atom is -0.352 e. The van der Waals surface area contributed by atoms with Crippen LogP contribution in [-0.4, -0.2) is 43.8 Å². The summed E-state index contributed by atoms with van der Waals surface area (Å²) in [6.45, 7) is 6.76. The standard InChI is InChI=1S/C29H33Cl2N3O4S/c1-5-21(3)32-29(36)22(4)33(18-23-12-15-24(30)16-13-23)28(35)19-34(27-17-25(31)14-11-20(27)2)39(37,38)26-9-7-6-8-10-26/h6-17,21-22H,5,18-19H2,1-4H3,(H,32,36). The number of carbonyl (C=O) groups excluding carboxylic acids is 2. The van der Waals surface area contributed by atoms with Crippen LogP contribution in [0.4, 0.5) is 5.69 Å². The summed E-state index contributed by atoms with van der Waals surface area (Å²) >= 11 is 12.3. The van der Waals surface area contributed by atoms with Crippen molar-refractivity contribution in [3.8, 4) is 0 Å². The van der Waals surface area contributed by atoms with E-state index in [9.17, 15) is 18.0 Å². The number of hydrogen-bond donors (Lipinski definition) is 1. The van der Waals surface area contributed by atoms with E-state index in [0.29, 0.717) is 15.6 Å². The van der Waals surface area contributed by atoms with Gasteiger partial charge in [-0.05, 0) is 74.7 Å². The van der Waals surface area contributed by atoms with Crippen LogP contribution in [0.2, 0.25) is 10.0 Å². The number of nitrogens with one attached hydrogen (secondary N) is 1. The molecule has 0 aliphatic carbocycles. The second-order valence-electron chi connectivity index (χ2n) is 9.40. The lowest BCUT2D eigenvalue weighted by Gasteiger charge is -2.33. The number of nitrogens with zero attached hydrogens (tertiary/aromatic N) is 2. The van der Waals surface area contributed by atoms with Gasteiger partial charge in [0.15, 0.2) is 0 Å². The molecule has 0 heterocycles. The zero-order chi connectivity index (χ0) is 28.7. The number of anilines is 1. The Kier molecular flexibility index (Phi) is 10.4. The van der Waals surface area contributed by atoms with E-state index in [1.54, 1.807) is 68.4 Å². The normalized spacial score (nSPS) is 12.9. The molecule has 3 aromatic rings. The van der Waals surface area contributed by atoms with Crippen molar-refractivity contribution in [1.29, 1.82) is 0 Å². The minimum atomic E-state index is -4.16. The van der Waals surface area contributed by atoms with Crippen molar-refractivity contribution in [3.05, 3.63) is 94.0 Å². The first-order valence-corrected chi connectivity index (χ1v) is 14.8. The van der Waals surface area contributed by atoms with Crippen LogP contribution in [0.25, 0.3) is 0 Å². The maximum atomic E-state index is 14.0. The lowest BCUT2D eigenvalue weighted by Crippen LogP contribution is -2.52. The molecular weight excluding hydrogens is 557 g/mol. The highest BCUT2D eigenvalue weighted by molar-refractivity contribution is 7.92. The Balaban J connectivity index is 2.05. The van der Waals surface area contributed by atoms with Crippen LogP contribution < -0.4 is 9.62 Å². The van der Waals surface area contributed by atoms with Gasteiger partial charge in [-0.1, -0.05) is 66.5 Å². The van der Waals surface area contributed by atoms with Gasteiger partial charge in [0, 0.05) is 22.6 Å². The first kappa shape index (κ1) is 30.5. The fourth-order valence-electron chi connectivity index (χ4n) is 3.92. The largest absolute Gasteiger partial charge is 0.352 e. The van der Waals surface area contributed by atoms with E-state index in [-0.39, 0.29) is 29.1 Å². The lowest BCUT2D eigenvalue weighted by molar-refractivity contribution is -0.139. The molecule has 7 nitrogen and oxygen atoms in total. The molecule has 0 aliphatic heterocycles. The van der Waals surface area contributed by atoms with Crippen LogP contribution in [0.15, 0.2) is 77.7 Å². The van der Waals surface area contributed by atoms with Gasteiger partial charge in [-0.2, -0.15) is 0 Å². The first-order valence-electron chi connectivity index (χ1n) is 12.6. The molecule has 0 radical (unpaired) electrons. The highest BCUT2D eigenvalue weighted by Crippen LogP contribution is 2.30. The Morgan fingerprint density at radius 3 is 2.15 bits per heavy atom. The van der Waals surface area contributed by atoms with Gasteiger partial charge in [-0.15, -0.1) is 0 Å². The van der Waals surface area contributed by atoms with Crippen molar-refractivity contribution in [2.24, 2.45) is 0 Å². The zero-order valence-corrected chi connectivity index (χ0v) is 24.7. The molecule has 0 aromatic heterocycles. The van der Waals surface area contributed by atoms with Crippen molar-refractivity contribution < 1.29 is 18.0 Å². The van der Waals surface area contributed by atoms with E-state index in [0.717, 1.165) is 16.3 Å². The molecule has 2 unspecified atom stereocenters. The monoisotopic (exact) mass is 589 g/mol. The molecule has 3 aromatic carbocycles. The minimum absolute atomic E-state index is 0.0315. The molecule has 39 heavy (non-hydrogen) atoms. The molecule has 2 amide bonds. The van der Waals surface area contributed by atoms with Gasteiger partial charge in [0.25, 0.3) is 10.0 Å². The van der Waals surface area contributed by atoms with Gasteiger partial charge >= 0.3 is 0 Å². The Morgan fingerprint density at radius 1 is 0.923 bits per heavy atom. The number of rotatable bonds is 11. The molecule has 208 valence electrons. The number of aryl methyl sites for hydroxylation is 1. The summed E-state index contributed by atoms with van der Waals surface area (Å²) in [6.07, 6.45) is 0.723. The van der Waals surface area contributed by atoms with Crippen LogP contribution >= 0.6 is 23.2 Å². The van der Waals surface area contributed by atoms with Crippen molar-refractivity contribution in [2.45, 2.75) is 57.6 Å². The van der Waals surface area contributed by atoms with E-state index >= 15 is 0 Å². The smallest absolute Gasteiger partial charge is 0.264 e. The zero-order valence-electron chi connectivity index (χ0n) is 22.4. The number of amides is 2. The molecule has 0 spiro atoms. The average Bonchev–Trinajstić information content (AvgIpc) is 2.92. The van der Waals surface area contributed by atoms with E-state index < -0.39 is 28.5 Å². The van der Waals surface area contributed by atoms with E-state index in [1.165, 1.54) is 23.1 Å². The molecule has 0 saturated carbocycles. The molecule has 0 aliphatic rings. The van der Waals surface area contributed by atoms with Gasteiger partial charge in [0.05, 0.1) is 10.6 Å². The number of carbonyl (C=O) groups is 2. The van der Waals surface area contributed by atoms with Crippen LogP contribution in [0.3, 0.4) is 0 Å². The summed E-state index contributed by atoms with van der Waals surface area (Å²) in [5, 5.41) is 3.78. The fraction of sp³-hybridized carbons (Fsp3) is 0.310. The third-order valence-corrected chi connectivity index (χ3v) is 8.75. The Bertz CT molecular complexity index is 1400. The highest BCUT2D eigenvalue weighted by atomic mass is 35.5. The summed E-state index contributed by atoms with van der Waals surface area (Å²) in [4.78, 5) is 28.5. The highest BCUT2D eigenvalue weighted by Gasteiger charge is 2.33. The number of benzene rings is 3. The van der Waals surface area contributed by atoms with Gasteiger partial charge < -0.3 is 10.2 Å². The molecular formula is C29H33Cl2N3O4S. The van der Waals surface area contributed by atoms with Crippen molar-refractivity contribution in [1.82, 2.24) is 10.2 Å². The van der Waals surface area contributed by atoms with Crippen LogP contribution in [0.1, 0.15) is 38.3 Å². The first-order chi connectivity index (χ1) is 18.4. The van der Waals surface area contributed by atoms with Gasteiger partial charge in [-0.25, -0.2) is 8.42 Å². The second kappa shape index (κ2) is 13.3. The number of sulfonamides is 1. The molecule has 0 saturated heterocycles. The second-order valence-corrected chi connectivity index (χ2v) is 12.1. The fourth-order valence-corrected chi connectivity index (χ4v) is 5.70. The predicted molar refractivity (Wildman–Crippen MR) is 157 cm³/mol. The Morgan fingerprint density at radius 2 is 1.54 bits per heavy atom. The molecule has 3 rings (SSSR count). The van der Waals surface area contributed by atoms with Crippen LogP contribution in [0, 0.1) is 6.92 Å². The van der Waals surface area contributed by atoms with E-state index in [1.807, 2.05) is 13.8 Å². The maximum absolute atomic E-state index is 14.0. The third kappa shape index (κ3) is 7.75. The molecule has 0 bridgehead atoms. The quantitative estimate of drug-likeness (QED) is 0.305. The van der Waals surface area contributed by atoms with E-state index in [4.69, 9.17) is 23.2 Å². The summed E-state index contributed by atoms with van der Waals surface area (Å²) in [5.41, 5.74) is 1.65. The average molecular weight is 591 g/mol. The number of halogens is 2. The predicted octanol–water partition coefficient (Wildman–Crippen LogP) is 5.83. The molecule has 10 heteroatoms. The maximum Gasteiger partial charge on any atom is 0.264 e. The Hall–Kier alpha value is -3.07. The summed E-state index contributed by atoms with van der Waals surface area (Å²) in [5.74, 6) is -0.876. The number of hydrogen-bond acceptors (Lipinski definition) is 4. The van der Waals surface area contributed by atoms with Crippen molar-refractivity contribution in [3.63, 3.8) is 0 Å². The van der Waals surface area contributed by atoms with E-state index in [2.05, 4.69) is 5.32 Å². The molecule has 2 atom stereocenters. The summed E-state index contributed by atoms with van der Waals surface area (Å²) < 4.78 is 28.8.